The van der Waals surface area contributed by atoms with E-state index in [0.29, 0.717) is 17.7 Å². The molecule has 0 fully saturated rings. The maximum atomic E-state index is 12.1. The van der Waals surface area contributed by atoms with Crippen molar-refractivity contribution in [2.24, 2.45) is 0 Å². The molecule has 0 saturated heterocycles. The number of carboxylic acid groups (broad SMARTS) is 1. The van der Waals surface area contributed by atoms with Crippen LogP contribution in [-0.2, 0) is 4.79 Å². The average Bonchev–Trinajstić information content (AvgIpc) is 2.36. The van der Waals surface area contributed by atoms with Crippen LogP contribution in [0.5, 0.6) is 5.75 Å². The van der Waals surface area contributed by atoms with Crippen LogP contribution in [0.3, 0.4) is 0 Å². The molecule has 0 aliphatic carbocycles. The minimum absolute atomic E-state index is 0.0223. The molecule has 0 aromatic heterocycles. The summed E-state index contributed by atoms with van der Waals surface area (Å²) in [6.45, 7) is 7.49. The maximum absolute atomic E-state index is 12.1. The summed E-state index contributed by atoms with van der Waals surface area (Å²) in [5, 5.41) is 11.5. The first-order valence-electron chi connectivity index (χ1n) is 7.00. The van der Waals surface area contributed by atoms with Crippen LogP contribution < -0.4 is 10.1 Å². The van der Waals surface area contributed by atoms with E-state index >= 15 is 0 Å². The van der Waals surface area contributed by atoms with Gasteiger partial charge in [0.2, 0.25) is 0 Å². The van der Waals surface area contributed by atoms with Crippen LogP contribution in [0.25, 0.3) is 0 Å². The van der Waals surface area contributed by atoms with Crippen molar-refractivity contribution in [3.05, 3.63) is 29.8 Å². The maximum Gasteiger partial charge on any atom is 0.303 e. The number of rotatable bonds is 7. The van der Waals surface area contributed by atoms with Crippen LogP contribution in [0.4, 0.5) is 0 Å². The van der Waals surface area contributed by atoms with Crippen molar-refractivity contribution in [3.63, 3.8) is 0 Å². The Kier molecular flexibility index (Phi) is 5.76. The zero-order valence-electron chi connectivity index (χ0n) is 13.0. The standard InChI is InChI=1S/C16H23NO4/c1-11(2)21-13-7-5-12(6-8-13)15(20)17-16(3,4)10-9-14(18)19/h5-8,11H,9-10H2,1-4H3,(H,17,20)(H,18,19). The Morgan fingerprint density at radius 2 is 1.81 bits per heavy atom. The third kappa shape index (κ3) is 6.29. The lowest BCUT2D eigenvalue weighted by Gasteiger charge is -2.25. The molecule has 1 amide bonds. The first kappa shape index (κ1) is 17.0. The highest BCUT2D eigenvalue weighted by atomic mass is 16.5. The lowest BCUT2D eigenvalue weighted by atomic mass is 9.98. The van der Waals surface area contributed by atoms with Crippen molar-refractivity contribution in [1.82, 2.24) is 5.32 Å². The van der Waals surface area contributed by atoms with E-state index in [0.717, 1.165) is 0 Å². The van der Waals surface area contributed by atoms with Crippen LogP contribution in [0.15, 0.2) is 24.3 Å². The number of nitrogens with one attached hydrogen (secondary N) is 1. The van der Waals surface area contributed by atoms with Gasteiger partial charge in [0.05, 0.1) is 6.10 Å². The van der Waals surface area contributed by atoms with Gasteiger partial charge < -0.3 is 15.2 Å². The van der Waals surface area contributed by atoms with E-state index in [2.05, 4.69) is 5.32 Å². The highest BCUT2D eigenvalue weighted by Crippen LogP contribution is 2.16. The fourth-order valence-electron chi connectivity index (χ4n) is 1.82. The molecule has 0 spiro atoms. The number of benzene rings is 1. The van der Waals surface area contributed by atoms with E-state index in [9.17, 15) is 9.59 Å². The first-order chi connectivity index (χ1) is 9.69. The Labute approximate surface area is 125 Å². The molecule has 5 heteroatoms. The molecule has 0 saturated carbocycles. The first-order valence-corrected chi connectivity index (χ1v) is 7.00. The van der Waals surface area contributed by atoms with Gasteiger partial charge in [-0.2, -0.15) is 0 Å². The van der Waals surface area contributed by atoms with Gasteiger partial charge in [-0.1, -0.05) is 0 Å². The number of carbonyl (C=O) groups excluding carboxylic acids is 1. The van der Waals surface area contributed by atoms with Crippen LogP contribution in [0.2, 0.25) is 0 Å². The predicted molar refractivity (Wildman–Crippen MR) is 80.6 cm³/mol. The highest BCUT2D eigenvalue weighted by Gasteiger charge is 2.22. The molecule has 0 bridgehead atoms. The molecule has 0 heterocycles. The topological polar surface area (TPSA) is 75.6 Å². The molecule has 5 nitrogen and oxygen atoms in total. The average molecular weight is 293 g/mol. The fraction of sp³-hybridized carbons (Fsp3) is 0.500. The summed E-state index contributed by atoms with van der Waals surface area (Å²) in [7, 11) is 0. The zero-order valence-corrected chi connectivity index (χ0v) is 13.0. The van der Waals surface area contributed by atoms with E-state index in [4.69, 9.17) is 9.84 Å². The quantitative estimate of drug-likeness (QED) is 0.810. The third-order valence-electron chi connectivity index (χ3n) is 2.90. The number of hydrogen-bond acceptors (Lipinski definition) is 3. The fourth-order valence-corrected chi connectivity index (χ4v) is 1.82. The second-order valence-corrected chi connectivity index (χ2v) is 5.92. The van der Waals surface area contributed by atoms with Gasteiger partial charge in [0.25, 0.3) is 5.91 Å². The number of aliphatic carboxylic acids is 1. The van der Waals surface area contributed by atoms with Gasteiger partial charge in [0.1, 0.15) is 5.75 Å². The molecule has 0 aliphatic heterocycles. The van der Waals surface area contributed by atoms with Crippen LogP contribution in [0, 0.1) is 0 Å². The Bertz CT molecular complexity index is 492. The molecule has 1 aromatic rings. The summed E-state index contributed by atoms with van der Waals surface area (Å²) >= 11 is 0. The molecule has 116 valence electrons. The predicted octanol–water partition coefficient (Wildman–Crippen LogP) is 2.85. The molecule has 0 atom stereocenters. The van der Waals surface area contributed by atoms with E-state index < -0.39 is 11.5 Å². The minimum atomic E-state index is -0.868. The molecular weight excluding hydrogens is 270 g/mol. The van der Waals surface area contributed by atoms with Gasteiger partial charge in [-0.3, -0.25) is 9.59 Å². The summed E-state index contributed by atoms with van der Waals surface area (Å²) in [5.41, 5.74) is -0.0442. The number of ether oxygens (including phenoxy) is 1. The molecule has 1 aromatic carbocycles. The van der Waals surface area contributed by atoms with E-state index in [1.54, 1.807) is 24.3 Å². The van der Waals surface area contributed by atoms with Crippen molar-refractivity contribution in [2.45, 2.75) is 52.2 Å². The zero-order chi connectivity index (χ0) is 16.0. The third-order valence-corrected chi connectivity index (χ3v) is 2.90. The van der Waals surface area contributed by atoms with Crippen molar-refractivity contribution in [2.75, 3.05) is 0 Å². The number of amides is 1. The lowest BCUT2D eigenvalue weighted by molar-refractivity contribution is -0.137. The molecule has 0 unspecified atom stereocenters. The summed E-state index contributed by atoms with van der Waals surface area (Å²) in [4.78, 5) is 22.7. The van der Waals surface area contributed by atoms with Gasteiger partial charge in [-0.05, 0) is 58.4 Å². The molecule has 21 heavy (non-hydrogen) atoms. The van der Waals surface area contributed by atoms with Gasteiger partial charge in [-0.25, -0.2) is 0 Å². The van der Waals surface area contributed by atoms with E-state index in [-0.39, 0.29) is 18.4 Å². The second kappa shape index (κ2) is 7.11. The molecule has 0 aliphatic rings. The van der Waals surface area contributed by atoms with Crippen LogP contribution >= 0.6 is 0 Å². The number of carbonyl (C=O) groups is 2. The van der Waals surface area contributed by atoms with Crippen molar-refractivity contribution < 1.29 is 19.4 Å². The van der Waals surface area contributed by atoms with Gasteiger partial charge >= 0.3 is 5.97 Å². The summed E-state index contributed by atoms with van der Waals surface area (Å²) in [6.07, 6.45) is 0.483. The summed E-state index contributed by atoms with van der Waals surface area (Å²) in [6, 6.07) is 6.89. The normalized spacial score (nSPS) is 11.3. The number of carboxylic acids is 1. The smallest absolute Gasteiger partial charge is 0.303 e. The molecule has 1 rings (SSSR count). The Balaban J connectivity index is 2.64. The number of hydrogen-bond donors (Lipinski definition) is 2. The largest absolute Gasteiger partial charge is 0.491 e. The van der Waals surface area contributed by atoms with E-state index in [1.807, 2.05) is 27.7 Å². The molecule has 0 radical (unpaired) electrons. The van der Waals surface area contributed by atoms with Crippen molar-refractivity contribution in [3.8, 4) is 5.75 Å². The summed E-state index contributed by atoms with van der Waals surface area (Å²) in [5.74, 6) is -0.374. The van der Waals surface area contributed by atoms with Crippen molar-refractivity contribution in [1.29, 1.82) is 0 Å². The van der Waals surface area contributed by atoms with Gasteiger partial charge in [-0.15, -0.1) is 0 Å². The Hall–Kier alpha value is -2.04. The van der Waals surface area contributed by atoms with Crippen LogP contribution in [0.1, 0.15) is 50.9 Å². The van der Waals surface area contributed by atoms with Crippen LogP contribution in [-0.4, -0.2) is 28.6 Å². The van der Waals surface area contributed by atoms with Gasteiger partial charge in [0.15, 0.2) is 0 Å². The lowest BCUT2D eigenvalue weighted by Crippen LogP contribution is -2.43. The summed E-state index contributed by atoms with van der Waals surface area (Å²) < 4.78 is 5.52. The second-order valence-electron chi connectivity index (χ2n) is 5.92. The Morgan fingerprint density at radius 3 is 2.29 bits per heavy atom. The van der Waals surface area contributed by atoms with E-state index in [1.165, 1.54) is 0 Å². The minimum Gasteiger partial charge on any atom is -0.491 e. The Morgan fingerprint density at radius 1 is 1.24 bits per heavy atom. The van der Waals surface area contributed by atoms with Crippen molar-refractivity contribution >= 4 is 11.9 Å². The molecule has 2 N–H and O–H groups in total. The monoisotopic (exact) mass is 293 g/mol. The SMILES string of the molecule is CC(C)Oc1ccc(C(=O)NC(C)(C)CCC(=O)O)cc1. The van der Waals surface area contributed by atoms with Gasteiger partial charge in [0, 0.05) is 17.5 Å². The highest BCUT2D eigenvalue weighted by molar-refractivity contribution is 5.94. The molecular formula is C16H23NO4.